The Hall–Kier alpha value is 0.870. The molecule has 6 heteroatoms. The second-order valence-corrected chi connectivity index (χ2v) is 10.1. The largest absolute Gasteiger partial charge is 1.00 e. The average Bonchev–Trinajstić information content (AvgIpc) is 2.65. The van der Waals surface area contributed by atoms with Crippen LogP contribution in [0.4, 0.5) is 0 Å². The van der Waals surface area contributed by atoms with Crippen molar-refractivity contribution in [3.05, 3.63) is 0 Å². The van der Waals surface area contributed by atoms with Crippen molar-refractivity contribution in [3.63, 3.8) is 0 Å². The summed E-state index contributed by atoms with van der Waals surface area (Å²) in [5.41, 5.74) is 0. The minimum atomic E-state index is -4.14. The summed E-state index contributed by atoms with van der Waals surface area (Å²) in [5, 5.41) is 8.84. The first kappa shape index (κ1) is 32.1. The van der Waals surface area contributed by atoms with Gasteiger partial charge in [-0.05, 0) is 25.7 Å². The van der Waals surface area contributed by atoms with E-state index in [4.69, 9.17) is 0 Å². The van der Waals surface area contributed by atoms with E-state index in [9.17, 15) is 18.1 Å². The Labute approximate surface area is 204 Å². The molecule has 0 aliphatic rings. The molecule has 0 aromatic rings. The third-order valence-electron chi connectivity index (χ3n) is 5.82. The van der Waals surface area contributed by atoms with Crippen LogP contribution in [0.1, 0.15) is 136 Å². The quantitative estimate of drug-likeness (QED) is 0.167. The molecule has 0 saturated carbocycles. The van der Waals surface area contributed by atoms with Crippen LogP contribution in [-0.2, 0) is 10.1 Å². The van der Waals surface area contributed by atoms with E-state index in [0.717, 1.165) is 57.8 Å². The molecule has 2 atom stereocenters. The van der Waals surface area contributed by atoms with E-state index in [0.29, 0.717) is 12.8 Å². The van der Waals surface area contributed by atoms with E-state index >= 15 is 0 Å². The fourth-order valence-electron chi connectivity index (χ4n) is 3.78. The van der Waals surface area contributed by atoms with Crippen molar-refractivity contribution >= 4 is 10.1 Å². The number of unbranched alkanes of at least 4 members (excludes halogenated alkanes) is 13. The molecule has 0 fully saturated rings. The van der Waals surface area contributed by atoms with Gasteiger partial charge < -0.3 is 9.66 Å². The van der Waals surface area contributed by atoms with Crippen molar-refractivity contribution in [3.8, 4) is 0 Å². The van der Waals surface area contributed by atoms with Gasteiger partial charge in [-0.2, -0.15) is 0 Å². The molecule has 0 spiro atoms. The van der Waals surface area contributed by atoms with Gasteiger partial charge in [0, 0.05) is 5.25 Å². The Bertz CT molecular complexity index is 429. The van der Waals surface area contributed by atoms with E-state index in [-0.39, 0.29) is 35.7 Å². The van der Waals surface area contributed by atoms with Crippen LogP contribution in [0.3, 0.4) is 0 Å². The molecule has 1 N–H and O–H groups in total. The normalized spacial score (nSPS) is 13.8. The van der Waals surface area contributed by atoms with Crippen molar-refractivity contribution in [1.82, 2.24) is 0 Å². The van der Waals surface area contributed by atoms with E-state index in [1.807, 2.05) is 6.92 Å². The molecule has 0 amide bonds. The molecule has 0 rings (SSSR count). The Morgan fingerprint density at radius 2 is 1.00 bits per heavy atom. The van der Waals surface area contributed by atoms with E-state index in [2.05, 4.69) is 6.92 Å². The van der Waals surface area contributed by atoms with Crippen LogP contribution in [0.25, 0.3) is 0 Å². The van der Waals surface area contributed by atoms with Crippen molar-refractivity contribution < 1.29 is 47.6 Å². The predicted molar refractivity (Wildman–Crippen MR) is 119 cm³/mol. The molecule has 0 aliphatic heterocycles. The SMILES string of the molecule is CCCCCCCC(CCCCCCCCCCCCC(O)CC)S(=O)(=O)[O-].[Na+]. The zero-order valence-corrected chi connectivity index (χ0v) is 22.5. The summed E-state index contributed by atoms with van der Waals surface area (Å²) in [4.78, 5) is 0. The maximum atomic E-state index is 11.4. The predicted octanol–water partition coefficient (Wildman–Crippen LogP) is 3.72. The van der Waals surface area contributed by atoms with Crippen molar-refractivity contribution in [1.29, 1.82) is 0 Å². The van der Waals surface area contributed by atoms with Crippen LogP contribution < -0.4 is 29.6 Å². The zero-order valence-electron chi connectivity index (χ0n) is 19.7. The summed E-state index contributed by atoms with van der Waals surface area (Å²) in [6.07, 6.45) is 19.9. The Kier molecular flexibility index (Phi) is 24.4. The van der Waals surface area contributed by atoms with Gasteiger partial charge in [-0.3, -0.25) is 0 Å². The first-order valence-corrected chi connectivity index (χ1v) is 13.5. The van der Waals surface area contributed by atoms with E-state index < -0.39 is 15.4 Å². The molecule has 0 bridgehead atoms. The fourth-order valence-corrected chi connectivity index (χ4v) is 4.69. The molecule has 2 unspecified atom stereocenters. The molecule has 0 radical (unpaired) electrons. The van der Waals surface area contributed by atoms with Gasteiger partial charge in [-0.25, -0.2) is 8.42 Å². The topological polar surface area (TPSA) is 77.4 Å². The van der Waals surface area contributed by atoms with Crippen LogP contribution in [0, 0.1) is 0 Å². The molecule has 4 nitrogen and oxygen atoms in total. The number of hydrogen-bond donors (Lipinski definition) is 1. The van der Waals surface area contributed by atoms with Gasteiger partial charge in [-0.15, -0.1) is 0 Å². The molecule has 0 aromatic carbocycles. The monoisotopic (exact) mass is 442 g/mol. The van der Waals surface area contributed by atoms with Crippen molar-refractivity contribution in [2.45, 2.75) is 147 Å². The van der Waals surface area contributed by atoms with Crippen molar-refractivity contribution in [2.24, 2.45) is 0 Å². The average molecular weight is 443 g/mol. The van der Waals surface area contributed by atoms with Crippen LogP contribution >= 0.6 is 0 Å². The Morgan fingerprint density at radius 1 is 0.655 bits per heavy atom. The third-order valence-corrected chi connectivity index (χ3v) is 7.11. The smallest absolute Gasteiger partial charge is 0.748 e. The fraction of sp³-hybridized carbons (Fsp3) is 1.00. The first-order valence-electron chi connectivity index (χ1n) is 12.0. The Morgan fingerprint density at radius 3 is 1.34 bits per heavy atom. The second kappa shape index (κ2) is 22.1. The number of hydrogen-bond acceptors (Lipinski definition) is 4. The minimum Gasteiger partial charge on any atom is -0.748 e. The maximum absolute atomic E-state index is 11.4. The summed E-state index contributed by atoms with van der Waals surface area (Å²) in [5.74, 6) is 0. The molecular weight excluding hydrogens is 395 g/mol. The van der Waals surface area contributed by atoms with Crippen molar-refractivity contribution in [2.75, 3.05) is 0 Å². The Balaban J connectivity index is 0. The molecule has 170 valence electrons. The van der Waals surface area contributed by atoms with E-state index in [1.165, 1.54) is 51.4 Å². The minimum absolute atomic E-state index is 0. The van der Waals surface area contributed by atoms with Gasteiger partial charge in [0.05, 0.1) is 16.2 Å². The third kappa shape index (κ3) is 21.9. The molecule has 0 saturated heterocycles. The van der Waals surface area contributed by atoms with Crippen LogP contribution in [-0.4, -0.2) is 29.4 Å². The summed E-state index contributed by atoms with van der Waals surface area (Å²) in [6, 6.07) is 0. The van der Waals surface area contributed by atoms with Gasteiger partial charge >= 0.3 is 29.6 Å². The number of rotatable bonds is 21. The molecule has 29 heavy (non-hydrogen) atoms. The zero-order chi connectivity index (χ0) is 21.1. The molecule has 0 aliphatic carbocycles. The molecule has 0 heterocycles. The second-order valence-electron chi connectivity index (χ2n) is 8.49. The molecule has 0 aromatic heterocycles. The van der Waals surface area contributed by atoms with Crippen LogP contribution in [0.2, 0.25) is 0 Å². The maximum Gasteiger partial charge on any atom is 1.00 e. The summed E-state index contributed by atoms with van der Waals surface area (Å²) >= 11 is 0. The summed E-state index contributed by atoms with van der Waals surface area (Å²) in [6.45, 7) is 4.19. The number of aliphatic hydroxyl groups is 1. The van der Waals surface area contributed by atoms with Gasteiger partial charge in [0.2, 0.25) is 0 Å². The summed E-state index contributed by atoms with van der Waals surface area (Å²) < 4.78 is 34.3. The number of aliphatic hydroxyl groups excluding tert-OH is 1. The van der Waals surface area contributed by atoms with E-state index in [1.54, 1.807) is 0 Å². The van der Waals surface area contributed by atoms with Gasteiger partial charge in [-0.1, -0.05) is 110 Å². The summed E-state index contributed by atoms with van der Waals surface area (Å²) in [7, 11) is -4.14. The van der Waals surface area contributed by atoms with Crippen LogP contribution in [0.5, 0.6) is 0 Å². The van der Waals surface area contributed by atoms with Gasteiger partial charge in [0.25, 0.3) is 0 Å². The molecular formula is C23H47NaO4S. The van der Waals surface area contributed by atoms with Crippen LogP contribution in [0.15, 0.2) is 0 Å². The first-order chi connectivity index (χ1) is 13.4. The van der Waals surface area contributed by atoms with Gasteiger partial charge in [0.1, 0.15) is 0 Å². The van der Waals surface area contributed by atoms with Gasteiger partial charge in [0.15, 0.2) is 0 Å². The standard InChI is InChI=1S/C23H48O4S.Na/c1-3-5-6-13-17-20-23(28(25,26)27)21-18-15-12-10-8-7-9-11-14-16-19-22(24)4-2;/h22-24H,3-21H2,1-2H3,(H,25,26,27);/q;+1/p-1.